The minimum atomic E-state index is -0.699. The van der Waals surface area contributed by atoms with Crippen molar-refractivity contribution in [2.45, 2.75) is 11.8 Å². The van der Waals surface area contributed by atoms with Gasteiger partial charge >= 0.3 is 0 Å². The Kier molecular flexibility index (Phi) is 5.03. The largest absolute Gasteiger partial charge is 0.395 e. The van der Waals surface area contributed by atoms with Crippen LogP contribution in [0.5, 0.6) is 0 Å². The molecule has 0 aliphatic rings. The molecular formula is C14H14BrClO2S. The van der Waals surface area contributed by atoms with Gasteiger partial charge in [0.15, 0.2) is 0 Å². The standard InChI is InChI=1S/C14H14BrClO2S/c15-11-5-13(19-7-11)6-14(8-17,9-18)10-2-1-3-12(16)4-10/h1-5,7,17-18H,6,8-9H2. The van der Waals surface area contributed by atoms with Gasteiger partial charge in [-0.05, 0) is 46.1 Å². The molecule has 0 bridgehead atoms. The molecule has 1 aromatic carbocycles. The zero-order valence-corrected chi connectivity index (χ0v) is 13.3. The predicted molar refractivity (Wildman–Crippen MR) is 83.0 cm³/mol. The molecule has 0 atom stereocenters. The highest BCUT2D eigenvalue weighted by Gasteiger charge is 2.32. The lowest BCUT2D eigenvalue weighted by Gasteiger charge is -2.30. The molecule has 2 aromatic rings. The molecule has 0 amide bonds. The Bertz CT molecular complexity index is 552. The first-order chi connectivity index (χ1) is 9.09. The zero-order chi connectivity index (χ0) is 13.9. The lowest BCUT2D eigenvalue weighted by Crippen LogP contribution is -2.37. The van der Waals surface area contributed by atoms with Crippen LogP contribution in [0, 0.1) is 0 Å². The maximum Gasteiger partial charge on any atom is 0.0553 e. The van der Waals surface area contributed by atoms with Crippen molar-refractivity contribution >= 4 is 38.9 Å². The minimum Gasteiger partial charge on any atom is -0.395 e. The molecular weight excluding hydrogens is 348 g/mol. The first-order valence-corrected chi connectivity index (χ1v) is 7.85. The number of rotatable bonds is 5. The number of aliphatic hydroxyl groups is 2. The molecule has 102 valence electrons. The summed E-state index contributed by atoms with van der Waals surface area (Å²) < 4.78 is 1.02. The summed E-state index contributed by atoms with van der Waals surface area (Å²) >= 11 is 11.0. The Morgan fingerprint density at radius 3 is 2.47 bits per heavy atom. The van der Waals surface area contributed by atoms with Gasteiger partial charge in [0, 0.05) is 25.2 Å². The summed E-state index contributed by atoms with van der Waals surface area (Å²) in [6, 6.07) is 9.32. The Balaban J connectivity index is 2.37. The molecule has 19 heavy (non-hydrogen) atoms. The van der Waals surface area contributed by atoms with E-state index in [1.165, 1.54) is 0 Å². The monoisotopic (exact) mass is 360 g/mol. The Morgan fingerprint density at radius 2 is 1.95 bits per heavy atom. The normalized spacial score (nSPS) is 11.8. The molecule has 2 N–H and O–H groups in total. The van der Waals surface area contributed by atoms with Gasteiger partial charge in [0.25, 0.3) is 0 Å². The average Bonchev–Trinajstić information content (AvgIpc) is 2.81. The number of hydrogen-bond donors (Lipinski definition) is 2. The molecule has 1 heterocycles. The minimum absolute atomic E-state index is 0.126. The van der Waals surface area contributed by atoms with Crippen molar-refractivity contribution in [2.75, 3.05) is 13.2 Å². The fourth-order valence-electron chi connectivity index (χ4n) is 2.04. The molecule has 2 rings (SSSR count). The summed E-state index contributed by atoms with van der Waals surface area (Å²) in [6.45, 7) is -0.251. The molecule has 0 unspecified atom stereocenters. The van der Waals surface area contributed by atoms with Crippen LogP contribution in [0.25, 0.3) is 0 Å². The van der Waals surface area contributed by atoms with Gasteiger partial charge in [-0.25, -0.2) is 0 Å². The highest BCUT2D eigenvalue weighted by Crippen LogP contribution is 2.32. The molecule has 0 radical (unpaired) electrons. The maximum atomic E-state index is 9.78. The highest BCUT2D eigenvalue weighted by atomic mass is 79.9. The lowest BCUT2D eigenvalue weighted by atomic mass is 9.78. The maximum absolute atomic E-state index is 9.78. The van der Waals surface area contributed by atoms with E-state index >= 15 is 0 Å². The highest BCUT2D eigenvalue weighted by molar-refractivity contribution is 9.10. The number of aliphatic hydroxyl groups excluding tert-OH is 2. The number of halogens is 2. The van der Waals surface area contributed by atoms with Crippen molar-refractivity contribution in [1.29, 1.82) is 0 Å². The van der Waals surface area contributed by atoms with Crippen molar-refractivity contribution in [1.82, 2.24) is 0 Å². The van der Waals surface area contributed by atoms with E-state index in [0.29, 0.717) is 11.4 Å². The van der Waals surface area contributed by atoms with E-state index in [0.717, 1.165) is 14.9 Å². The van der Waals surface area contributed by atoms with Gasteiger partial charge in [0.05, 0.1) is 13.2 Å². The zero-order valence-electron chi connectivity index (χ0n) is 10.1. The SMILES string of the molecule is OCC(CO)(Cc1cc(Br)cs1)c1cccc(Cl)c1. The summed E-state index contributed by atoms with van der Waals surface area (Å²) in [4.78, 5) is 1.11. The van der Waals surface area contributed by atoms with E-state index in [-0.39, 0.29) is 13.2 Å². The van der Waals surface area contributed by atoms with Crippen LogP contribution in [0.3, 0.4) is 0 Å². The molecule has 0 saturated heterocycles. The van der Waals surface area contributed by atoms with Crippen molar-refractivity contribution in [3.05, 3.63) is 55.6 Å². The third-order valence-corrected chi connectivity index (χ3v) is 5.11. The van der Waals surface area contributed by atoms with Gasteiger partial charge in [0.1, 0.15) is 0 Å². The second kappa shape index (κ2) is 6.37. The fourth-order valence-corrected chi connectivity index (χ4v) is 3.83. The summed E-state index contributed by atoms with van der Waals surface area (Å²) in [6.07, 6.45) is 0.580. The quantitative estimate of drug-likeness (QED) is 0.854. The molecule has 5 heteroatoms. The van der Waals surface area contributed by atoms with E-state index in [1.54, 1.807) is 23.5 Å². The van der Waals surface area contributed by atoms with Gasteiger partial charge in [-0.2, -0.15) is 0 Å². The van der Waals surface area contributed by atoms with Crippen LogP contribution in [0.4, 0.5) is 0 Å². The van der Waals surface area contributed by atoms with E-state index in [1.807, 2.05) is 23.6 Å². The van der Waals surface area contributed by atoms with Gasteiger partial charge in [-0.15, -0.1) is 11.3 Å². The van der Waals surface area contributed by atoms with E-state index in [9.17, 15) is 10.2 Å². The molecule has 0 spiro atoms. The first kappa shape index (κ1) is 15.0. The Labute approximate surface area is 129 Å². The van der Waals surface area contributed by atoms with Crippen molar-refractivity contribution in [2.24, 2.45) is 0 Å². The molecule has 0 aliphatic heterocycles. The smallest absolute Gasteiger partial charge is 0.0553 e. The predicted octanol–water partition coefficient (Wildman–Crippen LogP) is 3.63. The van der Waals surface area contributed by atoms with Gasteiger partial charge < -0.3 is 10.2 Å². The van der Waals surface area contributed by atoms with Crippen molar-refractivity contribution in [3.8, 4) is 0 Å². The topological polar surface area (TPSA) is 40.5 Å². The van der Waals surface area contributed by atoms with Crippen LogP contribution in [-0.4, -0.2) is 23.4 Å². The number of thiophene rings is 1. The Morgan fingerprint density at radius 1 is 1.21 bits per heavy atom. The molecule has 2 nitrogen and oxygen atoms in total. The Hall–Kier alpha value is -0.390. The third-order valence-electron chi connectivity index (χ3n) is 3.18. The summed E-state index contributed by atoms with van der Waals surface area (Å²) in [7, 11) is 0. The van der Waals surface area contributed by atoms with Gasteiger partial charge in [0.2, 0.25) is 0 Å². The molecule has 0 aliphatic carbocycles. The summed E-state index contributed by atoms with van der Waals surface area (Å²) in [5.41, 5.74) is 0.157. The van der Waals surface area contributed by atoms with Crippen LogP contribution in [0.1, 0.15) is 10.4 Å². The van der Waals surface area contributed by atoms with Crippen molar-refractivity contribution in [3.63, 3.8) is 0 Å². The van der Waals surface area contributed by atoms with Crippen LogP contribution < -0.4 is 0 Å². The van der Waals surface area contributed by atoms with E-state index in [2.05, 4.69) is 15.9 Å². The van der Waals surface area contributed by atoms with E-state index in [4.69, 9.17) is 11.6 Å². The fraction of sp³-hybridized carbons (Fsp3) is 0.286. The van der Waals surface area contributed by atoms with Gasteiger partial charge in [-0.1, -0.05) is 23.7 Å². The van der Waals surface area contributed by atoms with Crippen molar-refractivity contribution < 1.29 is 10.2 Å². The van der Waals surface area contributed by atoms with Crippen LogP contribution in [-0.2, 0) is 11.8 Å². The summed E-state index contributed by atoms with van der Waals surface area (Å²) in [5, 5.41) is 22.2. The molecule has 1 aromatic heterocycles. The second-order valence-electron chi connectivity index (χ2n) is 4.51. The third kappa shape index (κ3) is 3.38. The van der Waals surface area contributed by atoms with Gasteiger partial charge in [-0.3, -0.25) is 0 Å². The number of hydrogen-bond acceptors (Lipinski definition) is 3. The second-order valence-corrected chi connectivity index (χ2v) is 6.86. The molecule has 0 saturated carbocycles. The summed E-state index contributed by atoms with van der Waals surface area (Å²) in [5.74, 6) is 0. The molecule has 0 fully saturated rings. The first-order valence-electron chi connectivity index (χ1n) is 5.80. The average molecular weight is 362 g/mol. The lowest BCUT2D eigenvalue weighted by molar-refractivity contribution is 0.117. The van der Waals surface area contributed by atoms with Crippen LogP contribution >= 0.6 is 38.9 Å². The number of benzene rings is 1. The van der Waals surface area contributed by atoms with Crippen LogP contribution in [0.15, 0.2) is 40.2 Å². The van der Waals surface area contributed by atoms with E-state index < -0.39 is 5.41 Å². The van der Waals surface area contributed by atoms with Crippen LogP contribution in [0.2, 0.25) is 5.02 Å².